The predicted octanol–water partition coefficient (Wildman–Crippen LogP) is 1.48. The first-order chi connectivity index (χ1) is 13.7. The van der Waals surface area contributed by atoms with Gasteiger partial charge in [0.15, 0.2) is 0 Å². The van der Waals surface area contributed by atoms with Gasteiger partial charge in [0.05, 0.1) is 32.5 Å². The van der Waals surface area contributed by atoms with Crippen LogP contribution in [0.2, 0.25) is 0 Å². The third-order valence-corrected chi connectivity index (χ3v) is 4.19. The zero-order chi connectivity index (χ0) is 22.2. The molecule has 0 fully saturated rings. The smallest absolute Gasteiger partial charge is 0.409 e. The number of rotatable bonds is 14. The van der Waals surface area contributed by atoms with Crippen molar-refractivity contribution in [3.63, 3.8) is 0 Å². The minimum Gasteiger partial charge on any atom is -0.453 e. The molecule has 2 atom stereocenters. The monoisotopic (exact) mass is 419 g/mol. The van der Waals surface area contributed by atoms with Crippen LogP contribution in [0, 0.1) is 0 Å². The van der Waals surface area contributed by atoms with Crippen LogP contribution < -0.4 is 5.32 Å². The molecule has 170 valence electrons. The molecule has 0 aliphatic heterocycles. The lowest BCUT2D eigenvalue weighted by atomic mass is 10.1. The molecule has 0 aromatic rings. The van der Waals surface area contributed by atoms with Gasteiger partial charge in [0, 0.05) is 40.7 Å². The van der Waals surface area contributed by atoms with E-state index in [1.807, 2.05) is 13.8 Å². The standard InChI is InChI=1S/C19H37N3O7/c1-15(8-7-9-17(23)20-3)27-12-13-28-16(2)14-29-19(25)22(5)11-10-21(4)18(24)26-6/h15-16H,7-14H2,1-6H3,(H,20,23). The van der Waals surface area contributed by atoms with Crippen LogP contribution in [-0.4, -0.2) is 101 Å². The average Bonchev–Trinajstić information content (AvgIpc) is 2.71. The lowest BCUT2D eigenvalue weighted by Gasteiger charge is -2.22. The van der Waals surface area contributed by atoms with E-state index < -0.39 is 12.2 Å². The lowest BCUT2D eigenvalue weighted by molar-refractivity contribution is -0.120. The van der Waals surface area contributed by atoms with Gasteiger partial charge in [-0.3, -0.25) is 4.79 Å². The molecule has 0 spiro atoms. The molecule has 0 bridgehead atoms. The van der Waals surface area contributed by atoms with Crippen molar-refractivity contribution in [3.05, 3.63) is 0 Å². The first kappa shape index (κ1) is 26.9. The molecule has 10 heteroatoms. The van der Waals surface area contributed by atoms with Crippen LogP contribution in [0.4, 0.5) is 9.59 Å². The Kier molecular flexibility index (Phi) is 14.7. The van der Waals surface area contributed by atoms with Gasteiger partial charge in [0.25, 0.3) is 0 Å². The second-order valence-corrected chi connectivity index (χ2v) is 6.82. The summed E-state index contributed by atoms with van der Waals surface area (Å²) in [5.41, 5.74) is 0. The summed E-state index contributed by atoms with van der Waals surface area (Å²) in [4.78, 5) is 37.2. The highest BCUT2D eigenvalue weighted by Gasteiger charge is 2.15. The van der Waals surface area contributed by atoms with Crippen molar-refractivity contribution < 1.29 is 33.3 Å². The van der Waals surface area contributed by atoms with E-state index in [4.69, 9.17) is 14.2 Å². The van der Waals surface area contributed by atoms with E-state index in [9.17, 15) is 14.4 Å². The quantitative estimate of drug-likeness (QED) is 0.425. The number of amides is 3. The highest BCUT2D eigenvalue weighted by atomic mass is 16.6. The summed E-state index contributed by atoms with van der Waals surface area (Å²) in [5, 5.41) is 2.59. The molecule has 0 aliphatic carbocycles. The van der Waals surface area contributed by atoms with Gasteiger partial charge < -0.3 is 34.1 Å². The van der Waals surface area contributed by atoms with Gasteiger partial charge in [0.2, 0.25) is 5.91 Å². The van der Waals surface area contributed by atoms with Crippen LogP contribution in [0.3, 0.4) is 0 Å². The number of hydrogen-bond donors (Lipinski definition) is 1. The van der Waals surface area contributed by atoms with E-state index >= 15 is 0 Å². The molecule has 0 rings (SSSR count). The number of methoxy groups -OCH3 is 1. The van der Waals surface area contributed by atoms with Gasteiger partial charge >= 0.3 is 12.2 Å². The minimum atomic E-state index is -0.486. The molecule has 10 nitrogen and oxygen atoms in total. The van der Waals surface area contributed by atoms with Gasteiger partial charge in [-0.25, -0.2) is 9.59 Å². The lowest BCUT2D eigenvalue weighted by Crippen LogP contribution is -2.38. The SMILES string of the molecule is CNC(=O)CCCC(C)OCCOC(C)COC(=O)N(C)CCN(C)C(=O)OC. The van der Waals surface area contributed by atoms with E-state index in [2.05, 4.69) is 10.1 Å². The van der Waals surface area contributed by atoms with E-state index in [1.165, 1.54) is 16.9 Å². The molecule has 1 N–H and O–H groups in total. The fraction of sp³-hybridized carbons (Fsp3) is 0.842. The normalized spacial score (nSPS) is 12.6. The van der Waals surface area contributed by atoms with Gasteiger partial charge in [-0.15, -0.1) is 0 Å². The average molecular weight is 420 g/mol. The fourth-order valence-electron chi connectivity index (χ4n) is 2.24. The van der Waals surface area contributed by atoms with E-state index in [-0.39, 0.29) is 24.7 Å². The zero-order valence-electron chi connectivity index (χ0n) is 18.6. The molecule has 0 aliphatic rings. The molecule has 0 saturated heterocycles. The van der Waals surface area contributed by atoms with Gasteiger partial charge in [-0.2, -0.15) is 0 Å². The Morgan fingerprint density at radius 3 is 2.03 bits per heavy atom. The summed E-state index contributed by atoms with van der Waals surface area (Å²) in [5.74, 6) is 0.0324. The fourth-order valence-corrected chi connectivity index (χ4v) is 2.24. The first-order valence-electron chi connectivity index (χ1n) is 9.82. The molecular weight excluding hydrogens is 382 g/mol. The number of nitrogens with one attached hydrogen (secondary N) is 1. The van der Waals surface area contributed by atoms with Crippen molar-refractivity contribution in [2.75, 3.05) is 61.2 Å². The van der Waals surface area contributed by atoms with Crippen LogP contribution in [0.25, 0.3) is 0 Å². The number of nitrogens with zero attached hydrogens (tertiary/aromatic N) is 2. The summed E-state index contributed by atoms with van der Waals surface area (Å²) in [6.07, 6.45) is 0.910. The Balaban J connectivity index is 3.81. The van der Waals surface area contributed by atoms with Crippen LogP contribution in [0.1, 0.15) is 33.1 Å². The maximum atomic E-state index is 11.9. The van der Waals surface area contributed by atoms with Crippen LogP contribution in [0.5, 0.6) is 0 Å². The highest BCUT2D eigenvalue weighted by molar-refractivity contribution is 5.75. The first-order valence-corrected chi connectivity index (χ1v) is 9.82. The van der Waals surface area contributed by atoms with E-state index in [0.717, 1.165) is 12.8 Å². The van der Waals surface area contributed by atoms with Crippen molar-refractivity contribution in [1.29, 1.82) is 0 Å². The zero-order valence-corrected chi connectivity index (χ0v) is 18.6. The Bertz CT molecular complexity index is 490. The highest BCUT2D eigenvalue weighted by Crippen LogP contribution is 2.05. The molecule has 3 amide bonds. The van der Waals surface area contributed by atoms with Crippen LogP contribution in [0.15, 0.2) is 0 Å². The maximum absolute atomic E-state index is 11.9. The van der Waals surface area contributed by atoms with E-state index in [1.54, 1.807) is 21.1 Å². The molecule has 0 aromatic heterocycles. The number of carbonyl (C=O) groups is 3. The Morgan fingerprint density at radius 1 is 0.931 bits per heavy atom. The van der Waals surface area contributed by atoms with Crippen molar-refractivity contribution >= 4 is 18.1 Å². The molecule has 0 saturated carbocycles. The molecule has 0 aromatic carbocycles. The van der Waals surface area contributed by atoms with E-state index in [0.29, 0.717) is 32.7 Å². The van der Waals surface area contributed by atoms with Crippen molar-refractivity contribution in [3.8, 4) is 0 Å². The Hall–Kier alpha value is -2.07. The Morgan fingerprint density at radius 2 is 1.48 bits per heavy atom. The van der Waals surface area contributed by atoms with Crippen molar-refractivity contribution in [2.24, 2.45) is 0 Å². The molecular formula is C19H37N3O7. The second-order valence-electron chi connectivity index (χ2n) is 6.82. The Labute approximate surface area is 173 Å². The summed E-state index contributed by atoms with van der Waals surface area (Å²) in [6.45, 7) is 5.37. The minimum absolute atomic E-state index is 0.0324. The third-order valence-electron chi connectivity index (χ3n) is 4.19. The van der Waals surface area contributed by atoms with Gasteiger partial charge in [-0.1, -0.05) is 0 Å². The maximum Gasteiger partial charge on any atom is 0.409 e. The number of hydrogen-bond acceptors (Lipinski definition) is 7. The summed E-state index contributed by atoms with van der Waals surface area (Å²) in [7, 11) is 6.11. The summed E-state index contributed by atoms with van der Waals surface area (Å²) < 4.78 is 21.0. The van der Waals surface area contributed by atoms with Crippen molar-refractivity contribution in [2.45, 2.75) is 45.3 Å². The molecule has 0 radical (unpaired) electrons. The van der Waals surface area contributed by atoms with Crippen molar-refractivity contribution in [1.82, 2.24) is 15.1 Å². The summed E-state index contributed by atoms with van der Waals surface area (Å²) in [6, 6.07) is 0. The molecule has 0 heterocycles. The van der Waals surface area contributed by atoms with Crippen LogP contribution in [-0.2, 0) is 23.7 Å². The largest absolute Gasteiger partial charge is 0.453 e. The van der Waals surface area contributed by atoms with Gasteiger partial charge in [-0.05, 0) is 26.7 Å². The number of ether oxygens (including phenoxy) is 4. The third kappa shape index (κ3) is 13.7. The summed E-state index contributed by atoms with van der Waals surface area (Å²) >= 11 is 0. The number of likely N-dealkylation sites (N-methyl/N-ethyl adjacent to an activating group) is 2. The molecule has 2 unspecified atom stereocenters. The second kappa shape index (κ2) is 15.8. The number of carbonyl (C=O) groups excluding carboxylic acids is 3. The molecule has 29 heavy (non-hydrogen) atoms. The topological polar surface area (TPSA) is 107 Å². The predicted molar refractivity (Wildman–Crippen MR) is 108 cm³/mol. The van der Waals surface area contributed by atoms with Crippen LogP contribution >= 0.6 is 0 Å². The van der Waals surface area contributed by atoms with Gasteiger partial charge in [0.1, 0.15) is 6.61 Å².